The van der Waals surface area contributed by atoms with Crippen LogP contribution in [0.5, 0.6) is 0 Å². The molecule has 0 saturated carbocycles. The number of hydrogen-bond acceptors (Lipinski definition) is 6. The third kappa shape index (κ3) is 20.2. The third-order valence-electron chi connectivity index (χ3n) is 2.86. The van der Waals surface area contributed by atoms with Crippen LogP contribution in [0.4, 0.5) is 79.0 Å². The Bertz CT molecular complexity index is 726. The van der Waals surface area contributed by atoms with Crippen LogP contribution in [0.3, 0.4) is 0 Å². The van der Waals surface area contributed by atoms with Gasteiger partial charge in [-0.1, -0.05) is 0 Å². The molecule has 0 aliphatic carbocycles. The Morgan fingerprint density at radius 2 is 0.350 bits per heavy atom. The Balaban J connectivity index is -0.000000240. The molecule has 3 radical (unpaired) electrons. The molecule has 0 aromatic carbocycles. The number of hydrogen-bond donors (Lipinski definition) is 0. The van der Waals surface area contributed by atoms with E-state index in [-0.39, 0.29) is 17.4 Å². The molecule has 0 spiro atoms. The molecular formula is C15H6AlF18O6. The number of carbonyl (C=O) groups is 6. The summed E-state index contributed by atoms with van der Waals surface area (Å²) in [5.74, 6) is -16.2. The summed E-state index contributed by atoms with van der Waals surface area (Å²) < 4.78 is 204. The van der Waals surface area contributed by atoms with E-state index >= 15 is 0 Å². The molecule has 0 heterocycles. The highest BCUT2D eigenvalue weighted by Gasteiger charge is 2.48. The SMILES string of the molecule is O=C(CC(=O)C(F)(F)F)C(F)(F)F.O=C(CC(=O)C(F)(F)F)C(F)(F)F.O=C(CC(=O)C(F)(F)F)C(F)(F)F.[Al]. The van der Waals surface area contributed by atoms with Crippen LogP contribution in [0.25, 0.3) is 0 Å². The van der Waals surface area contributed by atoms with Crippen molar-refractivity contribution in [3.05, 3.63) is 0 Å². The molecule has 0 aromatic heterocycles. The molecular weight excluding hydrogens is 645 g/mol. The molecule has 0 rings (SSSR count). The van der Waals surface area contributed by atoms with Crippen molar-refractivity contribution in [1.82, 2.24) is 0 Å². The maximum Gasteiger partial charge on any atom is 0.450 e. The molecule has 0 aliphatic rings. The van der Waals surface area contributed by atoms with Crippen molar-refractivity contribution in [2.45, 2.75) is 56.3 Å². The van der Waals surface area contributed by atoms with Crippen LogP contribution < -0.4 is 0 Å². The monoisotopic (exact) mass is 651 g/mol. The van der Waals surface area contributed by atoms with Crippen molar-refractivity contribution in [3.8, 4) is 0 Å². The zero-order valence-electron chi connectivity index (χ0n) is 18.0. The lowest BCUT2D eigenvalue weighted by Crippen LogP contribution is -2.31. The Kier molecular flexibility index (Phi) is 17.0. The van der Waals surface area contributed by atoms with E-state index in [9.17, 15) is 108 Å². The summed E-state index contributed by atoms with van der Waals surface area (Å²) in [6.07, 6.45) is -39.0. The van der Waals surface area contributed by atoms with Gasteiger partial charge >= 0.3 is 37.1 Å². The molecule has 25 heteroatoms. The second-order valence-corrected chi connectivity index (χ2v) is 6.06. The standard InChI is InChI=1S/3C5H2F6O2.Al/c3*6-4(7,8)2(12)1-3(13)5(9,10)11;/h3*1H2;. The van der Waals surface area contributed by atoms with Crippen molar-refractivity contribution in [3.63, 3.8) is 0 Å². The molecule has 231 valence electrons. The smallest absolute Gasteiger partial charge is 0.289 e. The first-order chi connectivity index (χ1) is 16.6. The number of rotatable bonds is 6. The summed E-state index contributed by atoms with van der Waals surface area (Å²) in [4.78, 5) is 59.3. The largest absolute Gasteiger partial charge is 0.450 e. The highest BCUT2D eigenvalue weighted by Crippen LogP contribution is 2.25. The van der Waals surface area contributed by atoms with Gasteiger partial charge in [0.15, 0.2) is 0 Å². The minimum Gasteiger partial charge on any atom is -0.289 e. The molecule has 0 fully saturated rings. The lowest BCUT2D eigenvalue weighted by atomic mass is 10.2. The van der Waals surface area contributed by atoms with Gasteiger partial charge in [0.05, 0.1) is 19.3 Å². The fourth-order valence-corrected chi connectivity index (χ4v) is 1.04. The van der Waals surface area contributed by atoms with E-state index in [2.05, 4.69) is 0 Å². The number of alkyl halides is 18. The van der Waals surface area contributed by atoms with Crippen molar-refractivity contribution < 1.29 is 108 Å². The van der Waals surface area contributed by atoms with Crippen LogP contribution in [0, 0.1) is 0 Å². The van der Waals surface area contributed by atoms with Crippen molar-refractivity contribution in [1.29, 1.82) is 0 Å². The highest BCUT2D eigenvalue weighted by molar-refractivity contribution is 6.04. The average Bonchev–Trinajstić information content (AvgIpc) is 2.64. The van der Waals surface area contributed by atoms with Crippen LogP contribution in [-0.2, 0) is 28.8 Å². The second kappa shape index (κ2) is 15.3. The number of ketones is 6. The van der Waals surface area contributed by atoms with Crippen molar-refractivity contribution >= 4 is 52.1 Å². The number of Topliss-reactive ketones (excluding diaryl/α,β-unsaturated/α-hetero) is 6. The van der Waals surface area contributed by atoms with Crippen molar-refractivity contribution in [2.24, 2.45) is 0 Å². The molecule has 0 aromatic rings. The van der Waals surface area contributed by atoms with Crippen molar-refractivity contribution in [2.75, 3.05) is 0 Å². The van der Waals surface area contributed by atoms with E-state index in [4.69, 9.17) is 0 Å². The number of halogens is 18. The van der Waals surface area contributed by atoms with E-state index in [1.165, 1.54) is 0 Å². The topological polar surface area (TPSA) is 102 Å². The first kappa shape index (κ1) is 44.3. The average molecular weight is 651 g/mol. The normalized spacial score (nSPS) is 12.4. The molecule has 0 unspecified atom stereocenters. The van der Waals surface area contributed by atoms with Crippen LogP contribution in [0.15, 0.2) is 0 Å². The molecule has 40 heavy (non-hydrogen) atoms. The molecule has 0 N–H and O–H groups in total. The fraction of sp³-hybridized carbons (Fsp3) is 0.600. The van der Waals surface area contributed by atoms with E-state index in [1.807, 2.05) is 0 Å². The van der Waals surface area contributed by atoms with E-state index in [0.29, 0.717) is 0 Å². The Morgan fingerprint density at radius 1 is 0.275 bits per heavy atom. The highest BCUT2D eigenvalue weighted by atomic mass is 27.0. The summed E-state index contributed by atoms with van der Waals surface area (Å²) in [5.41, 5.74) is 0. The molecule has 0 aliphatic heterocycles. The maximum atomic E-state index is 11.3. The van der Waals surface area contributed by atoms with Gasteiger partial charge in [0.2, 0.25) is 34.7 Å². The Hall–Kier alpha value is -2.71. The maximum absolute atomic E-state index is 11.3. The van der Waals surface area contributed by atoms with Gasteiger partial charge in [-0.25, -0.2) is 0 Å². The van der Waals surface area contributed by atoms with Crippen LogP contribution in [0.2, 0.25) is 0 Å². The lowest BCUT2D eigenvalue weighted by Gasteiger charge is -2.06. The summed E-state index contributed by atoms with van der Waals surface area (Å²) in [6.45, 7) is 0. The molecule has 6 nitrogen and oxygen atoms in total. The van der Waals surface area contributed by atoms with Gasteiger partial charge in [0.1, 0.15) is 0 Å². The number of carbonyl (C=O) groups excluding carboxylic acids is 6. The zero-order valence-corrected chi connectivity index (χ0v) is 19.1. The van der Waals surface area contributed by atoms with Gasteiger partial charge in [0.25, 0.3) is 0 Å². The van der Waals surface area contributed by atoms with Crippen LogP contribution in [-0.4, -0.2) is 89.1 Å². The van der Waals surface area contributed by atoms with Gasteiger partial charge in [-0.05, 0) is 0 Å². The van der Waals surface area contributed by atoms with E-state index < -0.39 is 91.0 Å². The first-order valence-corrected chi connectivity index (χ1v) is 8.25. The summed E-state index contributed by atoms with van der Waals surface area (Å²) in [6, 6.07) is 0. The molecule has 0 saturated heterocycles. The summed E-state index contributed by atoms with van der Waals surface area (Å²) in [5, 5.41) is 0. The Morgan fingerprint density at radius 3 is 0.400 bits per heavy atom. The minimum atomic E-state index is -5.40. The van der Waals surface area contributed by atoms with Gasteiger partial charge in [-0.15, -0.1) is 0 Å². The summed E-state index contributed by atoms with van der Waals surface area (Å²) >= 11 is 0. The second-order valence-electron chi connectivity index (χ2n) is 6.06. The van der Waals surface area contributed by atoms with Gasteiger partial charge in [-0.2, -0.15) is 79.0 Å². The molecule has 0 bridgehead atoms. The van der Waals surface area contributed by atoms with Gasteiger partial charge in [-0.3, -0.25) is 28.8 Å². The Labute approximate surface area is 217 Å². The van der Waals surface area contributed by atoms with E-state index in [0.717, 1.165) is 0 Å². The van der Waals surface area contributed by atoms with Crippen LogP contribution in [0.1, 0.15) is 19.3 Å². The van der Waals surface area contributed by atoms with Gasteiger partial charge in [0, 0.05) is 17.4 Å². The fourth-order valence-electron chi connectivity index (χ4n) is 1.04. The predicted octanol–water partition coefficient (Wildman–Crippen LogP) is 4.54. The van der Waals surface area contributed by atoms with Gasteiger partial charge < -0.3 is 0 Å². The lowest BCUT2D eigenvalue weighted by molar-refractivity contribution is -0.182. The predicted molar refractivity (Wildman–Crippen MR) is 86.0 cm³/mol. The quantitative estimate of drug-likeness (QED) is 0.238. The first-order valence-electron chi connectivity index (χ1n) is 8.25. The zero-order chi connectivity index (χ0) is 32.6. The minimum absolute atomic E-state index is 0. The van der Waals surface area contributed by atoms with Crippen LogP contribution >= 0.6 is 0 Å². The molecule has 0 amide bonds. The van der Waals surface area contributed by atoms with E-state index in [1.54, 1.807) is 0 Å². The third-order valence-corrected chi connectivity index (χ3v) is 2.86. The summed E-state index contributed by atoms with van der Waals surface area (Å²) in [7, 11) is 0. The molecule has 0 atom stereocenters.